The molecule has 0 unspecified atom stereocenters. The summed E-state index contributed by atoms with van der Waals surface area (Å²) in [4.78, 5) is 11.2. The van der Waals surface area contributed by atoms with Crippen molar-refractivity contribution in [2.75, 3.05) is 0 Å². The van der Waals surface area contributed by atoms with Crippen LogP contribution in [0.25, 0.3) is 0 Å². The minimum Gasteiger partial charge on any atom is -0.273 e. The summed E-state index contributed by atoms with van der Waals surface area (Å²) in [5.74, 6) is 0.421. The number of hydrogen-bond acceptors (Lipinski definition) is 2. The van der Waals surface area contributed by atoms with Crippen molar-refractivity contribution in [1.82, 2.24) is 5.43 Å². The first-order chi connectivity index (χ1) is 6.57. The van der Waals surface area contributed by atoms with E-state index in [-0.39, 0.29) is 5.91 Å². The van der Waals surface area contributed by atoms with E-state index in [4.69, 9.17) is 0 Å². The molecule has 0 bridgehead atoms. The lowest BCUT2D eigenvalue weighted by molar-refractivity contribution is -0.121. The minimum absolute atomic E-state index is 0.0263. The van der Waals surface area contributed by atoms with Crippen LogP contribution in [0.2, 0.25) is 0 Å². The molecule has 3 heteroatoms. The third-order valence-electron chi connectivity index (χ3n) is 2.20. The van der Waals surface area contributed by atoms with Crippen molar-refractivity contribution < 1.29 is 4.79 Å². The van der Waals surface area contributed by atoms with Crippen LogP contribution >= 0.6 is 0 Å². The first-order valence-corrected chi connectivity index (χ1v) is 5.41. The van der Waals surface area contributed by atoms with Crippen LogP contribution in [0.5, 0.6) is 0 Å². The number of carbonyl (C=O) groups is 1. The fourth-order valence-corrected chi connectivity index (χ4v) is 0.871. The first kappa shape index (κ1) is 13.1. The zero-order valence-corrected chi connectivity index (χ0v) is 9.76. The molecule has 0 saturated carbocycles. The smallest absolute Gasteiger partial charge is 0.240 e. The average Bonchev–Trinajstić information content (AvgIpc) is 2.14. The van der Waals surface area contributed by atoms with Gasteiger partial charge in [-0.1, -0.05) is 33.6 Å². The first-order valence-electron chi connectivity index (χ1n) is 5.41. The van der Waals surface area contributed by atoms with Gasteiger partial charge in [-0.2, -0.15) is 5.10 Å². The average molecular weight is 198 g/mol. The van der Waals surface area contributed by atoms with E-state index < -0.39 is 0 Å². The Bertz CT molecular complexity index is 197. The van der Waals surface area contributed by atoms with Gasteiger partial charge < -0.3 is 0 Å². The van der Waals surface area contributed by atoms with E-state index in [0.717, 1.165) is 25.0 Å². The predicted molar refractivity (Wildman–Crippen MR) is 60.2 cm³/mol. The Morgan fingerprint density at radius 1 is 1.36 bits per heavy atom. The van der Waals surface area contributed by atoms with E-state index in [0.29, 0.717) is 12.3 Å². The number of hydrogen-bond donors (Lipinski definition) is 1. The monoisotopic (exact) mass is 198 g/mol. The lowest BCUT2D eigenvalue weighted by Gasteiger charge is -2.04. The second-order valence-electron chi connectivity index (χ2n) is 3.90. The molecule has 0 saturated heterocycles. The quantitative estimate of drug-likeness (QED) is 0.398. The third kappa shape index (κ3) is 6.63. The molecule has 0 aromatic carbocycles. The summed E-state index contributed by atoms with van der Waals surface area (Å²) in [7, 11) is 0. The number of nitrogens with one attached hydrogen (secondary N) is 1. The van der Waals surface area contributed by atoms with Gasteiger partial charge in [-0.25, -0.2) is 5.43 Å². The van der Waals surface area contributed by atoms with E-state index >= 15 is 0 Å². The molecule has 0 radical (unpaired) electrons. The van der Waals surface area contributed by atoms with Gasteiger partial charge in [-0.15, -0.1) is 0 Å². The Hall–Kier alpha value is -0.860. The molecular formula is C11H22N2O. The normalized spacial score (nSPS) is 11.9. The van der Waals surface area contributed by atoms with Crippen molar-refractivity contribution in [3.8, 4) is 0 Å². The van der Waals surface area contributed by atoms with Crippen molar-refractivity contribution in [3.05, 3.63) is 0 Å². The van der Waals surface area contributed by atoms with Crippen molar-refractivity contribution >= 4 is 11.6 Å². The third-order valence-corrected chi connectivity index (χ3v) is 2.20. The zero-order valence-electron chi connectivity index (χ0n) is 9.76. The molecule has 0 spiro atoms. The van der Waals surface area contributed by atoms with Gasteiger partial charge in [0.15, 0.2) is 0 Å². The maximum absolute atomic E-state index is 11.2. The van der Waals surface area contributed by atoms with E-state index in [2.05, 4.69) is 31.3 Å². The van der Waals surface area contributed by atoms with Gasteiger partial charge >= 0.3 is 0 Å². The second-order valence-corrected chi connectivity index (χ2v) is 3.90. The van der Waals surface area contributed by atoms with Crippen molar-refractivity contribution in [2.24, 2.45) is 11.0 Å². The Morgan fingerprint density at radius 3 is 2.50 bits per heavy atom. The van der Waals surface area contributed by atoms with Crippen molar-refractivity contribution in [1.29, 1.82) is 0 Å². The van der Waals surface area contributed by atoms with Gasteiger partial charge in [-0.05, 0) is 19.3 Å². The molecule has 3 nitrogen and oxygen atoms in total. The minimum atomic E-state index is 0.0263. The van der Waals surface area contributed by atoms with Crippen LogP contribution < -0.4 is 5.43 Å². The van der Waals surface area contributed by atoms with Gasteiger partial charge in [0.2, 0.25) is 5.91 Å². The van der Waals surface area contributed by atoms with Gasteiger partial charge in [0, 0.05) is 12.1 Å². The highest BCUT2D eigenvalue weighted by atomic mass is 16.2. The second kappa shape index (κ2) is 7.54. The highest BCUT2D eigenvalue weighted by Gasteiger charge is 2.01. The van der Waals surface area contributed by atoms with Crippen molar-refractivity contribution in [2.45, 2.75) is 53.4 Å². The largest absolute Gasteiger partial charge is 0.273 e. The summed E-state index contributed by atoms with van der Waals surface area (Å²) < 4.78 is 0. The maximum atomic E-state index is 11.2. The molecule has 0 aliphatic heterocycles. The number of carbonyl (C=O) groups excluding carboxylic acids is 1. The SMILES string of the molecule is CCCCCC(=O)N/N=C(\C)C(C)C. The molecule has 82 valence electrons. The summed E-state index contributed by atoms with van der Waals surface area (Å²) in [6, 6.07) is 0. The molecule has 0 atom stereocenters. The highest BCUT2D eigenvalue weighted by molar-refractivity contribution is 5.85. The molecule has 0 aromatic rings. The fraction of sp³-hybridized carbons (Fsp3) is 0.818. The summed E-state index contributed by atoms with van der Waals surface area (Å²) in [5, 5.41) is 4.02. The van der Waals surface area contributed by atoms with Crippen LogP contribution in [0.15, 0.2) is 5.10 Å². The Labute approximate surface area is 87.0 Å². The van der Waals surface area contributed by atoms with E-state index in [9.17, 15) is 4.79 Å². The number of nitrogens with zero attached hydrogens (tertiary/aromatic N) is 1. The highest BCUT2D eigenvalue weighted by Crippen LogP contribution is 1.99. The van der Waals surface area contributed by atoms with Crippen LogP contribution in [0.4, 0.5) is 0 Å². The number of unbranched alkanes of at least 4 members (excludes halogenated alkanes) is 2. The topological polar surface area (TPSA) is 41.5 Å². The van der Waals surface area contributed by atoms with E-state index in [1.54, 1.807) is 0 Å². The number of rotatable bonds is 6. The Balaban J connectivity index is 3.68. The van der Waals surface area contributed by atoms with Crippen LogP contribution in [0.1, 0.15) is 53.4 Å². The molecule has 14 heavy (non-hydrogen) atoms. The lowest BCUT2D eigenvalue weighted by Crippen LogP contribution is -2.19. The molecule has 0 heterocycles. The van der Waals surface area contributed by atoms with Gasteiger partial charge in [0.1, 0.15) is 0 Å². The fourth-order valence-electron chi connectivity index (χ4n) is 0.871. The van der Waals surface area contributed by atoms with Crippen molar-refractivity contribution in [3.63, 3.8) is 0 Å². The van der Waals surface area contributed by atoms with Gasteiger partial charge in [0.25, 0.3) is 0 Å². The maximum Gasteiger partial charge on any atom is 0.240 e. The van der Waals surface area contributed by atoms with E-state index in [1.165, 1.54) is 0 Å². The van der Waals surface area contributed by atoms with Crippen LogP contribution in [0, 0.1) is 5.92 Å². The molecule has 1 N–H and O–H groups in total. The molecule has 0 fully saturated rings. The summed E-state index contributed by atoms with van der Waals surface area (Å²) >= 11 is 0. The predicted octanol–water partition coefficient (Wildman–Crippen LogP) is 2.71. The Morgan fingerprint density at radius 2 is 2.00 bits per heavy atom. The Kier molecular flexibility index (Phi) is 7.07. The summed E-state index contributed by atoms with van der Waals surface area (Å²) in [6.07, 6.45) is 3.79. The van der Waals surface area contributed by atoms with E-state index in [1.807, 2.05) is 6.92 Å². The molecular weight excluding hydrogens is 176 g/mol. The molecule has 0 rings (SSSR count). The summed E-state index contributed by atoms with van der Waals surface area (Å²) in [6.45, 7) is 8.17. The molecule has 0 aliphatic carbocycles. The standard InChI is InChI=1S/C11H22N2O/c1-5-6-7-8-11(14)13-12-10(4)9(2)3/h9H,5-8H2,1-4H3,(H,13,14)/b12-10+. The van der Waals surface area contributed by atoms with Gasteiger partial charge in [-0.3, -0.25) is 4.79 Å². The van der Waals surface area contributed by atoms with Gasteiger partial charge in [0.05, 0.1) is 0 Å². The van der Waals surface area contributed by atoms with Crippen LogP contribution in [-0.2, 0) is 4.79 Å². The molecule has 1 amide bonds. The lowest BCUT2D eigenvalue weighted by atomic mass is 10.1. The zero-order chi connectivity index (χ0) is 11.0. The van der Waals surface area contributed by atoms with Crippen LogP contribution in [-0.4, -0.2) is 11.6 Å². The molecule has 0 aromatic heterocycles. The summed E-state index contributed by atoms with van der Waals surface area (Å²) in [5.41, 5.74) is 3.54. The van der Waals surface area contributed by atoms with Crippen LogP contribution in [0.3, 0.4) is 0 Å². The number of hydrazone groups is 1. The molecule has 0 aliphatic rings. The number of amides is 1.